The van der Waals surface area contributed by atoms with Crippen molar-refractivity contribution in [3.05, 3.63) is 50.6 Å². The Balaban J connectivity index is 1.77. The Morgan fingerprint density at radius 3 is 2.63 bits per heavy atom. The maximum absolute atomic E-state index is 11.8. The smallest absolute Gasteiger partial charge is 0.253 e. The number of hydrogen-bond acceptors (Lipinski definition) is 3. The lowest BCUT2D eigenvalue weighted by Crippen LogP contribution is -2.25. The summed E-state index contributed by atoms with van der Waals surface area (Å²) in [7, 11) is 0. The monoisotopic (exact) mass is 331 g/mol. The topological polar surface area (TPSA) is 29.1 Å². The molecule has 6 heteroatoms. The first-order valence-corrected chi connectivity index (χ1v) is 8.13. The van der Waals surface area contributed by atoms with Crippen LogP contribution in [-0.4, -0.2) is 18.2 Å². The maximum atomic E-state index is 11.8. The second-order valence-corrected chi connectivity index (χ2v) is 7.11. The van der Waals surface area contributed by atoms with Gasteiger partial charge in [0, 0.05) is 17.2 Å². The van der Waals surface area contributed by atoms with Gasteiger partial charge in [0.1, 0.15) is 4.34 Å². The van der Waals surface area contributed by atoms with E-state index in [1.54, 1.807) is 17.8 Å². The molecule has 0 bridgehead atoms. The van der Waals surface area contributed by atoms with Gasteiger partial charge in [-0.2, -0.15) is 0 Å². The molecule has 1 heterocycles. The first kappa shape index (κ1) is 14.7. The molecule has 1 aromatic heterocycles. The van der Waals surface area contributed by atoms with Crippen LogP contribution in [0.15, 0.2) is 41.3 Å². The van der Waals surface area contributed by atoms with E-state index in [0.29, 0.717) is 20.8 Å². The Morgan fingerprint density at radius 1 is 1.26 bits per heavy atom. The first-order valence-electron chi connectivity index (χ1n) is 5.57. The Morgan fingerprint density at radius 2 is 2.00 bits per heavy atom. The standard InChI is InChI=1S/C13H11Cl2NOS2/c14-11-8-10(12(15)19-11)13(17)16-6-7-18-9-4-2-1-3-5-9/h1-5,8H,6-7H2,(H,16,17). The quantitative estimate of drug-likeness (QED) is 0.641. The van der Waals surface area contributed by atoms with Gasteiger partial charge in [-0.15, -0.1) is 23.1 Å². The number of carbonyl (C=O) groups is 1. The molecule has 0 saturated heterocycles. The molecule has 0 radical (unpaired) electrons. The summed E-state index contributed by atoms with van der Waals surface area (Å²) in [6.45, 7) is 0.586. The molecule has 0 unspecified atom stereocenters. The van der Waals surface area contributed by atoms with Crippen LogP contribution in [0.3, 0.4) is 0 Å². The van der Waals surface area contributed by atoms with Gasteiger partial charge in [0.15, 0.2) is 0 Å². The van der Waals surface area contributed by atoms with Crippen LogP contribution in [0.25, 0.3) is 0 Å². The molecule has 0 atom stereocenters. The SMILES string of the molecule is O=C(NCCSc1ccccc1)c1cc(Cl)sc1Cl. The van der Waals surface area contributed by atoms with Crippen molar-refractivity contribution in [2.45, 2.75) is 4.90 Å². The number of halogens is 2. The van der Waals surface area contributed by atoms with Crippen LogP contribution < -0.4 is 5.32 Å². The predicted octanol–water partition coefficient (Wildman–Crippen LogP) is 4.58. The molecule has 1 aromatic carbocycles. The van der Waals surface area contributed by atoms with Gasteiger partial charge in [-0.25, -0.2) is 0 Å². The second kappa shape index (κ2) is 7.20. The second-order valence-electron chi connectivity index (χ2n) is 3.66. The summed E-state index contributed by atoms with van der Waals surface area (Å²) >= 11 is 14.6. The van der Waals surface area contributed by atoms with Crippen molar-refractivity contribution in [1.29, 1.82) is 0 Å². The van der Waals surface area contributed by atoms with Crippen LogP contribution >= 0.6 is 46.3 Å². The van der Waals surface area contributed by atoms with Crippen molar-refractivity contribution in [2.24, 2.45) is 0 Å². The molecule has 0 fully saturated rings. The number of nitrogens with one attached hydrogen (secondary N) is 1. The Kier molecular flexibility index (Phi) is 5.58. The van der Waals surface area contributed by atoms with Crippen LogP contribution in [0.5, 0.6) is 0 Å². The van der Waals surface area contributed by atoms with Crippen molar-refractivity contribution in [2.75, 3.05) is 12.3 Å². The Hall–Kier alpha value is -0.680. The minimum Gasteiger partial charge on any atom is -0.351 e. The van der Waals surface area contributed by atoms with Crippen molar-refractivity contribution in [1.82, 2.24) is 5.32 Å². The van der Waals surface area contributed by atoms with Crippen LogP contribution in [0.4, 0.5) is 0 Å². The van der Waals surface area contributed by atoms with Gasteiger partial charge in [-0.3, -0.25) is 4.79 Å². The summed E-state index contributed by atoms with van der Waals surface area (Å²) in [5.41, 5.74) is 0.446. The largest absolute Gasteiger partial charge is 0.351 e. The summed E-state index contributed by atoms with van der Waals surface area (Å²) in [6.07, 6.45) is 0. The van der Waals surface area contributed by atoms with Crippen molar-refractivity contribution < 1.29 is 4.79 Å². The fourth-order valence-corrected chi connectivity index (χ4v) is 3.69. The van der Waals surface area contributed by atoms with E-state index < -0.39 is 0 Å². The van der Waals surface area contributed by atoms with Gasteiger partial charge in [0.2, 0.25) is 0 Å². The highest BCUT2D eigenvalue weighted by Crippen LogP contribution is 2.30. The third-order valence-electron chi connectivity index (χ3n) is 2.30. The zero-order chi connectivity index (χ0) is 13.7. The third-order valence-corrected chi connectivity index (χ3v) is 4.80. The summed E-state index contributed by atoms with van der Waals surface area (Å²) in [4.78, 5) is 13.0. The molecule has 19 heavy (non-hydrogen) atoms. The lowest BCUT2D eigenvalue weighted by molar-refractivity contribution is 0.0957. The number of benzene rings is 1. The molecule has 2 aromatic rings. The van der Waals surface area contributed by atoms with E-state index in [-0.39, 0.29) is 5.91 Å². The van der Waals surface area contributed by atoms with E-state index in [9.17, 15) is 4.79 Å². The highest BCUT2D eigenvalue weighted by Gasteiger charge is 2.13. The van der Waals surface area contributed by atoms with E-state index in [1.807, 2.05) is 30.3 Å². The fraction of sp³-hybridized carbons (Fsp3) is 0.154. The number of amides is 1. The summed E-state index contributed by atoms with van der Waals surface area (Å²) in [5.74, 6) is 0.632. The van der Waals surface area contributed by atoms with Crippen molar-refractivity contribution >= 4 is 52.2 Å². The summed E-state index contributed by atoms with van der Waals surface area (Å²) < 4.78 is 0.951. The summed E-state index contributed by atoms with van der Waals surface area (Å²) in [5, 5.41) is 2.83. The maximum Gasteiger partial charge on any atom is 0.253 e. The van der Waals surface area contributed by atoms with Crippen molar-refractivity contribution in [3.8, 4) is 0 Å². The average molecular weight is 332 g/mol. The van der Waals surface area contributed by atoms with Crippen LogP contribution in [0, 0.1) is 0 Å². The number of rotatable bonds is 5. The molecular formula is C13H11Cl2NOS2. The van der Waals surface area contributed by atoms with Crippen LogP contribution in [0.2, 0.25) is 8.67 Å². The molecule has 100 valence electrons. The van der Waals surface area contributed by atoms with Gasteiger partial charge in [-0.05, 0) is 18.2 Å². The van der Waals surface area contributed by atoms with Crippen LogP contribution in [0.1, 0.15) is 10.4 Å². The number of hydrogen-bond donors (Lipinski definition) is 1. The van der Waals surface area contributed by atoms with E-state index in [1.165, 1.54) is 16.2 Å². The lowest BCUT2D eigenvalue weighted by Gasteiger charge is -2.04. The minimum atomic E-state index is -0.179. The number of thioether (sulfide) groups is 1. The van der Waals surface area contributed by atoms with Gasteiger partial charge in [-0.1, -0.05) is 41.4 Å². The van der Waals surface area contributed by atoms with E-state index in [2.05, 4.69) is 5.32 Å². The lowest BCUT2D eigenvalue weighted by atomic mass is 10.3. The zero-order valence-corrected chi connectivity index (χ0v) is 13.0. The van der Waals surface area contributed by atoms with Crippen LogP contribution in [-0.2, 0) is 0 Å². The van der Waals surface area contributed by atoms with E-state index in [0.717, 1.165) is 5.75 Å². The highest BCUT2D eigenvalue weighted by molar-refractivity contribution is 7.99. The zero-order valence-electron chi connectivity index (χ0n) is 9.86. The Bertz CT molecular complexity index is 557. The van der Waals surface area contributed by atoms with E-state index >= 15 is 0 Å². The molecule has 0 aliphatic carbocycles. The molecule has 0 saturated carbocycles. The van der Waals surface area contributed by atoms with E-state index in [4.69, 9.17) is 23.2 Å². The molecule has 2 rings (SSSR count). The number of thiophene rings is 1. The molecule has 0 aliphatic rings. The first-order chi connectivity index (χ1) is 9.16. The van der Waals surface area contributed by atoms with Gasteiger partial charge >= 0.3 is 0 Å². The molecule has 0 aliphatic heterocycles. The van der Waals surface area contributed by atoms with Crippen molar-refractivity contribution in [3.63, 3.8) is 0 Å². The summed E-state index contributed by atoms with van der Waals surface area (Å²) in [6, 6.07) is 11.6. The highest BCUT2D eigenvalue weighted by atomic mass is 35.5. The molecule has 1 N–H and O–H groups in total. The predicted molar refractivity (Wildman–Crippen MR) is 83.8 cm³/mol. The number of carbonyl (C=O) groups excluding carboxylic acids is 1. The third kappa shape index (κ3) is 4.42. The average Bonchev–Trinajstić information content (AvgIpc) is 2.75. The normalized spacial score (nSPS) is 10.4. The molecule has 0 spiro atoms. The molecule has 2 nitrogen and oxygen atoms in total. The minimum absolute atomic E-state index is 0.179. The Labute approximate surface area is 130 Å². The molecular weight excluding hydrogens is 321 g/mol. The van der Waals surface area contributed by atoms with Gasteiger partial charge < -0.3 is 5.32 Å². The van der Waals surface area contributed by atoms with Gasteiger partial charge in [0.05, 0.1) is 9.90 Å². The fourth-order valence-electron chi connectivity index (χ4n) is 1.44. The van der Waals surface area contributed by atoms with Gasteiger partial charge in [0.25, 0.3) is 5.91 Å². The molecule has 1 amide bonds.